The number of alkyl halides is 3. The fraction of sp³-hybridized carbons (Fsp3) is 0.111. The summed E-state index contributed by atoms with van der Waals surface area (Å²) in [6.45, 7) is 0.113. The average molecular weight is 410 g/mol. The SMILES string of the molecule is O=C(NCc1cc(-c2ccsc2)cs1)C(=O)Nc1ccccc1C(F)(F)F. The molecule has 0 aliphatic heterocycles. The Balaban J connectivity index is 1.60. The van der Waals surface area contributed by atoms with Crippen molar-refractivity contribution in [1.82, 2.24) is 5.32 Å². The van der Waals surface area contributed by atoms with E-state index in [0.717, 1.165) is 28.1 Å². The van der Waals surface area contributed by atoms with Crippen molar-refractivity contribution in [2.45, 2.75) is 12.7 Å². The minimum absolute atomic E-state index is 0.113. The number of amides is 2. The number of benzene rings is 1. The number of carbonyl (C=O) groups is 2. The third kappa shape index (κ3) is 4.75. The van der Waals surface area contributed by atoms with Gasteiger partial charge in [0.1, 0.15) is 0 Å². The molecule has 0 bridgehead atoms. The van der Waals surface area contributed by atoms with Gasteiger partial charge < -0.3 is 10.6 Å². The summed E-state index contributed by atoms with van der Waals surface area (Å²) >= 11 is 2.99. The molecule has 9 heteroatoms. The number of thiophene rings is 2. The molecular weight excluding hydrogens is 397 g/mol. The van der Waals surface area contributed by atoms with E-state index in [9.17, 15) is 22.8 Å². The van der Waals surface area contributed by atoms with Gasteiger partial charge in [-0.1, -0.05) is 12.1 Å². The Morgan fingerprint density at radius 3 is 2.48 bits per heavy atom. The number of anilines is 1. The molecule has 0 saturated carbocycles. The molecule has 3 rings (SSSR count). The fourth-order valence-electron chi connectivity index (χ4n) is 2.32. The van der Waals surface area contributed by atoms with Crippen molar-refractivity contribution in [1.29, 1.82) is 0 Å². The van der Waals surface area contributed by atoms with E-state index in [1.807, 2.05) is 33.6 Å². The Kier molecular flexibility index (Phi) is 5.62. The summed E-state index contributed by atoms with van der Waals surface area (Å²) in [6, 6.07) is 8.36. The molecule has 0 fully saturated rings. The zero-order valence-corrected chi connectivity index (χ0v) is 15.3. The van der Waals surface area contributed by atoms with Crippen LogP contribution < -0.4 is 10.6 Å². The first kappa shape index (κ1) is 19.1. The Labute approximate surface area is 160 Å². The van der Waals surface area contributed by atoms with Gasteiger partial charge in [-0.05, 0) is 51.5 Å². The molecule has 0 saturated heterocycles. The molecule has 3 aromatic rings. The lowest BCUT2D eigenvalue weighted by Crippen LogP contribution is -2.35. The topological polar surface area (TPSA) is 58.2 Å². The van der Waals surface area contributed by atoms with E-state index >= 15 is 0 Å². The Bertz CT molecular complexity index is 950. The van der Waals surface area contributed by atoms with Gasteiger partial charge in [0.2, 0.25) is 0 Å². The number of para-hydroxylation sites is 1. The Morgan fingerprint density at radius 2 is 1.78 bits per heavy atom. The number of rotatable bonds is 4. The van der Waals surface area contributed by atoms with E-state index < -0.39 is 29.2 Å². The lowest BCUT2D eigenvalue weighted by molar-refractivity contribution is -0.138. The third-order valence-electron chi connectivity index (χ3n) is 3.62. The van der Waals surface area contributed by atoms with Crippen LogP contribution in [0.2, 0.25) is 0 Å². The summed E-state index contributed by atoms with van der Waals surface area (Å²) < 4.78 is 38.8. The molecule has 4 nitrogen and oxygen atoms in total. The molecule has 0 unspecified atom stereocenters. The van der Waals surface area contributed by atoms with E-state index in [1.165, 1.54) is 23.5 Å². The van der Waals surface area contributed by atoms with Crippen LogP contribution in [-0.2, 0) is 22.3 Å². The molecule has 2 amide bonds. The van der Waals surface area contributed by atoms with Crippen molar-refractivity contribution in [3.8, 4) is 11.1 Å². The number of nitrogens with one attached hydrogen (secondary N) is 2. The highest BCUT2D eigenvalue weighted by atomic mass is 32.1. The maximum absolute atomic E-state index is 12.9. The quantitative estimate of drug-likeness (QED) is 0.610. The predicted octanol–water partition coefficient (Wildman–Crippen LogP) is 4.75. The van der Waals surface area contributed by atoms with Crippen molar-refractivity contribution in [2.75, 3.05) is 5.32 Å². The summed E-state index contributed by atoms with van der Waals surface area (Å²) in [6.07, 6.45) is -4.63. The van der Waals surface area contributed by atoms with E-state index in [2.05, 4.69) is 5.32 Å². The predicted molar refractivity (Wildman–Crippen MR) is 99.6 cm³/mol. The minimum atomic E-state index is -4.63. The first-order valence-corrected chi connectivity index (χ1v) is 9.52. The van der Waals surface area contributed by atoms with Crippen LogP contribution in [0.3, 0.4) is 0 Å². The van der Waals surface area contributed by atoms with Crippen LogP contribution in [0.25, 0.3) is 11.1 Å². The number of carbonyl (C=O) groups excluding carboxylic acids is 2. The molecule has 1 aromatic carbocycles. The summed E-state index contributed by atoms with van der Waals surface area (Å²) in [5.41, 5.74) is 0.607. The van der Waals surface area contributed by atoms with Crippen molar-refractivity contribution < 1.29 is 22.8 Å². The Morgan fingerprint density at radius 1 is 1.00 bits per heavy atom. The van der Waals surface area contributed by atoms with E-state index in [-0.39, 0.29) is 6.54 Å². The lowest BCUT2D eigenvalue weighted by Gasteiger charge is -2.13. The summed E-state index contributed by atoms with van der Waals surface area (Å²) in [5, 5.41) is 10.3. The average Bonchev–Trinajstić information content (AvgIpc) is 3.30. The van der Waals surface area contributed by atoms with Crippen molar-refractivity contribution in [3.63, 3.8) is 0 Å². The summed E-state index contributed by atoms with van der Waals surface area (Å²) in [4.78, 5) is 24.7. The summed E-state index contributed by atoms with van der Waals surface area (Å²) in [7, 11) is 0. The molecular formula is C18H13F3N2O2S2. The van der Waals surface area contributed by atoms with Gasteiger partial charge in [-0.2, -0.15) is 24.5 Å². The van der Waals surface area contributed by atoms with Gasteiger partial charge in [0, 0.05) is 4.88 Å². The van der Waals surface area contributed by atoms with Crippen LogP contribution in [0, 0.1) is 0 Å². The highest BCUT2D eigenvalue weighted by molar-refractivity contribution is 7.10. The maximum Gasteiger partial charge on any atom is 0.418 e. The van der Waals surface area contributed by atoms with Gasteiger partial charge >= 0.3 is 18.0 Å². The Hall–Kier alpha value is -2.65. The largest absolute Gasteiger partial charge is 0.418 e. The molecule has 0 atom stereocenters. The van der Waals surface area contributed by atoms with Crippen LogP contribution in [0.15, 0.2) is 52.5 Å². The van der Waals surface area contributed by atoms with Gasteiger partial charge in [-0.15, -0.1) is 11.3 Å². The van der Waals surface area contributed by atoms with E-state index in [0.29, 0.717) is 0 Å². The van der Waals surface area contributed by atoms with Gasteiger partial charge in [0.15, 0.2) is 0 Å². The van der Waals surface area contributed by atoms with Gasteiger partial charge in [0.25, 0.3) is 0 Å². The van der Waals surface area contributed by atoms with Gasteiger partial charge in [-0.3, -0.25) is 9.59 Å². The number of hydrogen-bond donors (Lipinski definition) is 2. The smallest absolute Gasteiger partial charge is 0.343 e. The normalized spacial score (nSPS) is 11.2. The molecule has 0 radical (unpaired) electrons. The molecule has 27 heavy (non-hydrogen) atoms. The standard InChI is InChI=1S/C18H13F3N2O2S2/c19-18(20,21)14-3-1-2-4-15(14)23-17(25)16(24)22-8-13-7-12(10-27-13)11-5-6-26-9-11/h1-7,9-10H,8H2,(H,22,24)(H,23,25). The van der Waals surface area contributed by atoms with Crippen LogP contribution >= 0.6 is 22.7 Å². The summed E-state index contributed by atoms with van der Waals surface area (Å²) in [5.74, 6) is -2.15. The zero-order valence-electron chi connectivity index (χ0n) is 13.7. The monoisotopic (exact) mass is 410 g/mol. The van der Waals surface area contributed by atoms with Crippen LogP contribution in [0.1, 0.15) is 10.4 Å². The number of hydrogen-bond acceptors (Lipinski definition) is 4. The molecule has 0 aliphatic carbocycles. The first-order chi connectivity index (χ1) is 12.8. The number of halogens is 3. The van der Waals surface area contributed by atoms with Crippen molar-refractivity contribution in [3.05, 3.63) is 63.0 Å². The molecule has 140 valence electrons. The third-order valence-corrected chi connectivity index (χ3v) is 5.24. The van der Waals surface area contributed by atoms with Gasteiger partial charge in [-0.25, -0.2) is 0 Å². The van der Waals surface area contributed by atoms with Crippen molar-refractivity contribution >= 4 is 40.2 Å². The minimum Gasteiger partial charge on any atom is -0.343 e. The van der Waals surface area contributed by atoms with Crippen LogP contribution in [0.4, 0.5) is 18.9 Å². The van der Waals surface area contributed by atoms with E-state index in [1.54, 1.807) is 11.3 Å². The highest BCUT2D eigenvalue weighted by Crippen LogP contribution is 2.34. The second kappa shape index (κ2) is 7.93. The molecule has 2 heterocycles. The highest BCUT2D eigenvalue weighted by Gasteiger charge is 2.34. The molecule has 0 spiro atoms. The van der Waals surface area contributed by atoms with Crippen molar-refractivity contribution in [2.24, 2.45) is 0 Å². The second-order valence-electron chi connectivity index (χ2n) is 5.49. The second-order valence-corrected chi connectivity index (χ2v) is 7.27. The molecule has 2 aromatic heterocycles. The molecule has 2 N–H and O–H groups in total. The van der Waals surface area contributed by atoms with Crippen LogP contribution in [-0.4, -0.2) is 11.8 Å². The van der Waals surface area contributed by atoms with E-state index in [4.69, 9.17) is 0 Å². The zero-order chi connectivity index (χ0) is 19.4. The lowest BCUT2D eigenvalue weighted by atomic mass is 10.1. The van der Waals surface area contributed by atoms with Gasteiger partial charge in [0.05, 0.1) is 17.8 Å². The maximum atomic E-state index is 12.9. The molecule has 0 aliphatic rings. The van der Waals surface area contributed by atoms with Crippen LogP contribution in [0.5, 0.6) is 0 Å². The fourth-order valence-corrected chi connectivity index (χ4v) is 3.82. The first-order valence-electron chi connectivity index (χ1n) is 7.70.